The van der Waals surface area contributed by atoms with Gasteiger partial charge in [-0.15, -0.1) is 10.2 Å². The van der Waals surface area contributed by atoms with Crippen molar-refractivity contribution in [1.82, 2.24) is 19.7 Å². The molecule has 2 heterocycles. The second-order valence-corrected chi connectivity index (χ2v) is 8.31. The molecular formula is C24H23N5OS. The lowest BCUT2D eigenvalue weighted by molar-refractivity contribution is -0.113. The first-order valence-corrected chi connectivity index (χ1v) is 10.9. The molecule has 0 spiro atoms. The minimum Gasteiger partial charge on any atom is -0.325 e. The van der Waals surface area contributed by atoms with Gasteiger partial charge in [-0.25, -0.2) is 0 Å². The highest BCUT2D eigenvalue weighted by atomic mass is 32.2. The molecule has 0 atom stereocenters. The summed E-state index contributed by atoms with van der Waals surface area (Å²) in [5.74, 6) is 0.861. The number of carbonyl (C=O) groups excluding carboxylic acids is 1. The predicted molar refractivity (Wildman–Crippen MR) is 125 cm³/mol. The van der Waals surface area contributed by atoms with E-state index in [4.69, 9.17) is 0 Å². The number of nitrogens with one attached hydrogen (secondary N) is 1. The normalized spacial score (nSPS) is 10.8. The van der Waals surface area contributed by atoms with Crippen molar-refractivity contribution in [2.75, 3.05) is 11.1 Å². The highest BCUT2D eigenvalue weighted by molar-refractivity contribution is 7.99. The Hall–Kier alpha value is -3.45. The van der Waals surface area contributed by atoms with Crippen LogP contribution in [0.3, 0.4) is 0 Å². The number of aromatic nitrogens is 4. The van der Waals surface area contributed by atoms with Crippen LogP contribution in [0.15, 0.2) is 72.1 Å². The van der Waals surface area contributed by atoms with Gasteiger partial charge in [-0.2, -0.15) is 0 Å². The molecule has 1 N–H and O–H groups in total. The van der Waals surface area contributed by atoms with Crippen LogP contribution in [-0.4, -0.2) is 31.4 Å². The fraction of sp³-hybridized carbons (Fsp3) is 0.167. The molecule has 0 bridgehead atoms. The molecule has 0 fully saturated rings. The van der Waals surface area contributed by atoms with E-state index in [1.54, 1.807) is 12.4 Å². The monoisotopic (exact) mass is 429 g/mol. The summed E-state index contributed by atoms with van der Waals surface area (Å²) in [5, 5.41) is 12.4. The quantitative estimate of drug-likeness (QED) is 0.437. The third-order valence-corrected chi connectivity index (χ3v) is 5.79. The maximum absolute atomic E-state index is 12.6. The lowest BCUT2D eigenvalue weighted by Gasteiger charge is -2.11. The van der Waals surface area contributed by atoms with E-state index in [2.05, 4.69) is 20.5 Å². The van der Waals surface area contributed by atoms with E-state index < -0.39 is 0 Å². The van der Waals surface area contributed by atoms with Crippen LogP contribution in [0.25, 0.3) is 17.1 Å². The zero-order chi connectivity index (χ0) is 21.8. The smallest absolute Gasteiger partial charge is 0.234 e. The molecule has 0 radical (unpaired) electrons. The molecular weight excluding hydrogens is 406 g/mol. The summed E-state index contributed by atoms with van der Waals surface area (Å²) in [6.45, 7) is 6.04. The molecule has 1 amide bonds. The second kappa shape index (κ2) is 9.14. The van der Waals surface area contributed by atoms with E-state index in [1.165, 1.54) is 17.3 Å². The number of nitrogens with zero attached hydrogens (tertiary/aromatic N) is 4. The maximum atomic E-state index is 12.6. The number of thioether (sulfide) groups is 1. The number of anilines is 1. The van der Waals surface area contributed by atoms with Crippen LogP contribution < -0.4 is 5.32 Å². The molecule has 2 aromatic carbocycles. The van der Waals surface area contributed by atoms with Crippen molar-refractivity contribution in [3.05, 3.63) is 83.7 Å². The Kier molecular flexibility index (Phi) is 6.13. The largest absolute Gasteiger partial charge is 0.325 e. The van der Waals surface area contributed by atoms with Gasteiger partial charge in [-0.1, -0.05) is 41.6 Å². The molecule has 4 aromatic rings. The van der Waals surface area contributed by atoms with E-state index in [9.17, 15) is 4.79 Å². The number of carbonyl (C=O) groups is 1. The van der Waals surface area contributed by atoms with Crippen molar-refractivity contribution in [3.63, 3.8) is 0 Å². The first-order chi connectivity index (χ1) is 15.0. The third kappa shape index (κ3) is 4.83. The van der Waals surface area contributed by atoms with Crippen molar-refractivity contribution in [3.8, 4) is 17.1 Å². The third-order valence-electron chi connectivity index (χ3n) is 4.86. The van der Waals surface area contributed by atoms with E-state index >= 15 is 0 Å². The molecule has 7 heteroatoms. The number of benzene rings is 2. The van der Waals surface area contributed by atoms with Gasteiger partial charge in [0.05, 0.1) is 5.75 Å². The maximum Gasteiger partial charge on any atom is 0.234 e. The zero-order valence-electron chi connectivity index (χ0n) is 17.7. The van der Waals surface area contributed by atoms with Crippen LogP contribution in [-0.2, 0) is 4.79 Å². The molecule has 0 saturated heterocycles. The van der Waals surface area contributed by atoms with Crippen LogP contribution in [0.2, 0.25) is 0 Å². The highest BCUT2D eigenvalue weighted by Gasteiger charge is 2.17. The summed E-state index contributed by atoms with van der Waals surface area (Å²) in [6.07, 6.45) is 3.46. The summed E-state index contributed by atoms with van der Waals surface area (Å²) < 4.78 is 1.98. The van der Waals surface area contributed by atoms with Crippen LogP contribution in [0, 0.1) is 20.8 Å². The van der Waals surface area contributed by atoms with Crippen LogP contribution in [0.5, 0.6) is 0 Å². The number of amides is 1. The summed E-state index contributed by atoms with van der Waals surface area (Å²) in [5.41, 5.74) is 6.00. The predicted octanol–water partition coefficient (Wildman–Crippen LogP) is 4.99. The minimum atomic E-state index is -0.0809. The number of pyridine rings is 1. The highest BCUT2D eigenvalue weighted by Crippen LogP contribution is 2.28. The number of hydrogen-bond donors (Lipinski definition) is 1. The van der Waals surface area contributed by atoms with Crippen LogP contribution >= 0.6 is 11.8 Å². The fourth-order valence-corrected chi connectivity index (χ4v) is 3.92. The molecule has 31 heavy (non-hydrogen) atoms. The fourth-order valence-electron chi connectivity index (χ4n) is 3.16. The van der Waals surface area contributed by atoms with Crippen molar-refractivity contribution >= 4 is 23.4 Å². The Bertz CT molecular complexity index is 1200. The SMILES string of the molecule is Cc1ccc(-n2c(SCC(=O)Nc3cc(C)ccc3C)nnc2-c2ccncc2)cc1. The van der Waals surface area contributed by atoms with Crippen LogP contribution in [0.4, 0.5) is 5.69 Å². The number of aryl methyl sites for hydroxylation is 3. The molecule has 6 nitrogen and oxygen atoms in total. The summed E-state index contributed by atoms with van der Waals surface area (Å²) in [6, 6.07) is 18.0. The zero-order valence-corrected chi connectivity index (χ0v) is 18.5. The average molecular weight is 430 g/mol. The minimum absolute atomic E-state index is 0.0809. The van der Waals surface area contributed by atoms with Gasteiger partial charge in [0.15, 0.2) is 11.0 Å². The molecule has 4 rings (SSSR count). The van der Waals surface area contributed by atoms with E-state index in [0.717, 1.165) is 28.1 Å². The van der Waals surface area contributed by atoms with Crippen molar-refractivity contribution in [2.24, 2.45) is 0 Å². The Morgan fingerprint density at radius 2 is 1.65 bits per heavy atom. The number of rotatable bonds is 6. The summed E-state index contributed by atoms with van der Waals surface area (Å²) >= 11 is 1.36. The van der Waals surface area contributed by atoms with E-state index in [0.29, 0.717) is 11.0 Å². The Morgan fingerprint density at radius 1 is 0.935 bits per heavy atom. The molecule has 156 valence electrons. The second-order valence-electron chi connectivity index (χ2n) is 7.37. The van der Waals surface area contributed by atoms with Crippen molar-refractivity contribution in [2.45, 2.75) is 25.9 Å². The number of hydrogen-bond acceptors (Lipinski definition) is 5. The van der Waals surface area contributed by atoms with Gasteiger partial charge in [0, 0.05) is 29.3 Å². The lowest BCUT2D eigenvalue weighted by Crippen LogP contribution is -2.15. The molecule has 0 aliphatic rings. The first kappa shape index (κ1) is 20.8. The average Bonchev–Trinajstić information content (AvgIpc) is 3.20. The lowest BCUT2D eigenvalue weighted by atomic mass is 10.1. The molecule has 0 saturated carbocycles. The Labute approximate surface area is 185 Å². The van der Waals surface area contributed by atoms with Gasteiger partial charge >= 0.3 is 0 Å². The van der Waals surface area contributed by atoms with Gasteiger partial charge < -0.3 is 5.32 Å². The van der Waals surface area contributed by atoms with Crippen molar-refractivity contribution < 1.29 is 4.79 Å². The van der Waals surface area contributed by atoms with Gasteiger partial charge in [0.25, 0.3) is 0 Å². The first-order valence-electron chi connectivity index (χ1n) is 9.94. The van der Waals surface area contributed by atoms with Gasteiger partial charge in [0.2, 0.25) is 5.91 Å². The van der Waals surface area contributed by atoms with Gasteiger partial charge in [0.1, 0.15) is 0 Å². The Morgan fingerprint density at radius 3 is 2.39 bits per heavy atom. The summed E-state index contributed by atoms with van der Waals surface area (Å²) in [7, 11) is 0. The molecule has 0 aliphatic carbocycles. The topological polar surface area (TPSA) is 72.7 Å². The standard InChI is InChI=1S/C24H23N5OS/c1-16-5-8-20(9-6-16)29-23(19-10-12-25-13-11-19)27-28-24(29)31-15-22(30)26-21-14-17(2)4-7-18(21)3/h4-14H,15H2,1-3H3,(H,26,30). The molecule has 2 aromatic heterocycles. The summed E-state index contributed by atoms with van der Waals surface area (Å²) in [4.78, 5) is 16.7. The van der Waals surface area contributed by atoms with E-state index in [-0.39, 0.29) is 11.7 Å². The van der Waals surface area contributed by atoms with Gasteiger partial charge in [-0.3, -0.25) is 14.3 Å². The molecule has 0 aliphatic heterocycles. The van der Waals surface area contributed by atoms with Crippen LogP contribution in [0.1, 0.15) is 16.7 Å². The van der Waals surface area contributed by atoms with Gasteiger partial charge in [-0.05, 0) is 62.2 Å². The van der Waals surface area contributed by atoms with Crippen molar-refractivity contribution in [1.29, 1.82) is 0 Å². The van der Waals surface area contributed by atoms with E-state index in [1.807, 2.05) is 79.9 Å². The molecule has 0 unspecified atom stereocenters. The Balaban J connectivity index is 1.59.